The summed E-state index contributed by atoms with van der Waals surface area (Å²) in [6, 6.07) is 11.7. The highest BCUT2D eigenvalue weighted by Crippen LogP contribution is 2.31. The Kier molecular flexibility index (Phi) is 4.71. The molecule has 1 aromatic carbocycles. The first-order chi connectivity index (χ1) is 9.86. The van der Waals surface area contributed by atoms with Gasteiger partial charge in [-0.1, -0.05) is 30.3 Å². The van der Waals surface area contributed by atoms with Gasteiger partial charge in [-0.15, -0.1) is 0 Å². The lowest BCUT2D eigenvalue weighted by molar-refractivity contribution is 0.0927. The summed E-state index contributed by atoms with van der Waals surface area (Å²) < 4.78 is 0. The zero-order valence-corrected chi connectivity index (χ0v) is 12.4. The van der Waals surface area contributed by atoms with Gasteiger partial charge in [-0.3, -0.25) is 4.90 Å². The monoisotopic (exact) mass is 273 g/mol. The predicted octanol–water partition coefficient (Wildman–Crippen LogP) is 1.93. The molecule has 2 heterocycles. The second-order valence-electron chi connectivity index (χ2n) is 6.30. The number of benzene rings is 1. The fraction of sp³-hybridized carbons (Fsp3) is 0.647. The van der Waals surface area contributed by atoms with Crippen LogP contribution in [0.4, 0.5) is 0 Å². The predicted molar refractivity (Wildman–Crippen MR) is 83.5 cm³/mol. The maximum Gasteiger partial charge on any atom is 0.0236 e. The van der Waals surface area contributed by atoms with Gasteiger partial charge >= 0.3 is 0 Å². The van der Waals surface area contributed by atoms with Crippen LogP contribution in [0.1, 0.15) is 24.8 Å². The van der Waals surface area contributed by atoms with Crippen LogP contribution in [0, 0.1) is 5.92 Å². The number of fused-ring (bicyclic) bond motifs is 2. The average molecular weight is 273 g/mol. The van der Waals surface area contributed by atoms with E-state index >= 15 is 0 Å². The molecule has 2 aliphatic heterocycles. The van der Waals surface area contributed by atoms with E-state index in [1.807, 2.05) is 0 Å². The molecule has 0 radical (unpaired) electrons. The molecule has 20 heavy (non-hydrogen) atoms. The summed E-state index contributed by atoms with van der Waals surface area (Å²) in [6.45, 7) is 6.95. The van der Waals surface area contributed by atoms with Crippen LogP contribution >= 0.6 is 0 Å². The number of rotatable bonds is 6. The van der Waals surface area contributed by atoms with Crippen molar-refractivity contribution in [1.82, 2.24) is 9.80 Å². The first-order valence-electron chi connectivity index (χ1n) is 8.07. The highest BCUT2D eigenvalue weighted by atomic mass is 15.2. The van der Waals surface area contributed by atoms with Crippen LogP contribution in [0.25, 0.3) is 0 Å². The van der Waals surface area contributed by atoms with Gasteiger partial charge in [-0.25, -0.2) is 0 Å². The molecule has 0 spiro atoms. The molecular weight excluding hydrogens is 246 g/mol. The largest absolute Gasteiger partial charge is 0.330 e. The molecule has 0 saturated carbocycles. The van der Waals surface area contributed by atoms with Gasteiger partial charge < -0.3 is 10.6 Å². The van der Waals surface area contributed by atoms with Crippen LogP contribution in [0.5, 0.6) is 0 Å². The molecule has 3 heteroatoms. The standard InChI is InChI=1S/C17H27N3/c18-9-4-10-20(13-15-5-2-1-3-6-15)17-8-12-19-11-7-16(17)14-19/h1-3,5-6,16-17H,4,7-14,18H2. The molecule has 3 unspecified atom stereocenters. The lowest BCUT2D eigenvalue weighted by atomic mass is 9.92. The fourth-order valence-corrected chi connectivity index (χ4v) is 3.89. The topological polar surface area (TPSA) is 32.5 Å². The van der Waals surface area contributed by atoms with Gasteiger partial charge in [-0.05, 0) is 56.9 Å². The quantitative estimate of drug-likeness (QED) is 0.859. The van der Waals surface area contributed by atoms with Crippen molar-refractivity contribution in [3.8, 4) is 0 Å². The van der Waals surface area contributed by atoms with Gasteiger partial charge in [0.25, 0.3) is 0 Å². The number of piperidine rings is 1. The summed E-state index contributed by atoms with van der Waals surface area (Å²) in [5, 5.41) is 0. The van der Waals surface area contributed by atoms with Gasteiger partial charge in [0.05, 0.1) is 0 Å². The van der Waals surface area contributed by atoms with Gasteiger partial charge in [0.1, 0.15) is 0 Å². The zero-order chi connectivity index (χ0) is 13.8. The van der Waals surface area contributed by atoms with E-state index in [-0.39, 0.29) is 0 Å². The number of nitrogens with two attached hydrogens (primary N) is 1. The van der Waals surface area contributed by atoms with Crippen molar-refractivity contribution in [3.05, 3.63) is 35.9 Å². The van der Waals surface area contributed by atoms with Crippen molar-refractivity contribution in [2.75, 3.05) is 32.7 Å². The zero-order valence-electron chi connectivity index (χ0n) is 12.4. The molecule has 0 aromatic heterocycles. The molecular formula is C17H27N3. The Morgan fingerprint density at radius 3 is 2.75 bits per heavy atom. The van der Waals surface area contributed by atoms with Crippen LogP contribution in [-0.4, -0.2) is 48.6 Å². The number of nitrogens with zero attached hydrogens (tertiary/aromatic N) is 2. The molecule has 2 fully saturated rings. The van der Waals surface area contributed by atoms with Crippen molar-refractivity contribution >= 4 is 0 Å². The highest BCUT2D eigenvalue weighted by Gasteiger charge is 2.36. The third-order valence-corrected chi connectivity index (χ3v) is 4.94. The molecule has 110 valence electrons. The van der Waals surface area contributed by atoms with E-state index in [0.29, 0.717) is 0 Å². The van der Waals surface area contributed by atoms with E-state index < -0.39 is 0 Å². The van der Waals surface area contributed by atoms with Gasteiger partial charge in [0.15, 0.2) is 0 Å². The minimum Gasteiger partial charge on any atom is -0.330 e. The normalized spacial score (nSPS) is 29.0. The first kappa shape index (κ1) is 14.1. The Hall–Kier alpha value is -0.900. The van der Waals surface area contributed by atoms with Crippen LogP contribution in [0.3, 0.4) is 0 Å². The summed E-state index contributed by atoms with van der Waals surface area (Å²) in [5.41, 5.74) is 7.18. The average Bonchev–Trinajstić information content (AvgIpc) is 2.87. The van der Waals surface area contributed by atoms with E-state index in [1.165, 1.54) is 38.0 Å². The summed E-state index contributed by atoms with van der Waals surface area (Å²) in [6.07, 6.45) is 3.83. The minimum absolute atomic E-state index is 0.764. The van der Waals surface area contributed by atoms with E-state index in [0.717, 1.165) is 38.0 Å². The van der Waals surface area contributed by atoms with Crippen LogP contribution < -0.4 is 5.73 Å². The third-order valence-electron chi connectivity index (χ3n) is 4.94. The minimum atomic E-state index is 0.764. The Morgan fingerprint density at radius 2 is 1.95 bits per heavy atom. The Morgan fingerprint density at radius 1 is 1.15 bits per heavy atom. The van der Waals surface area contributed by atoms with Crippen LogP contribution in [0.15, 0.2) is 30.3 Å². The van der Waals surface area contributed by atoms with Crippen molar-refractivity contribution in [2.45, 2.75) is 31.8 Å². The van der Waals surface area contributed by atoms with Crippen molar-refractivity contribution in [3.63, 3.8) is 0 Å². The SMILES string of the molecule is NCCCN(Cc1ccccc1)C1CCN2CCC1C2. The lowest BCUT2D eigenvalue weighted by Crippen LogP contribution is -2.46. The van der Waals surface area contributed by atoms with E-state index in [1.54, 1.807) is 0 Å². The summed E-state index contributed by atoms with van der Waals surface area (Å²) in [7, 11) is 0. The second kappa shape index (κ2) is 6.70. The molecule has 3 atom stereocenters. The summed E-state index contributed by atoms with van der Waals surface area (Å²) in [5.74, 6) is 0.880. The second-order valence-corrected chi connectivity index (χ2v) is 6.30. The Balaban J connectivity index is 1.68. The van der Waals surface area contributed by atoms with Crippen molar-refractivity contribution in [2.24, 2.45) is 11.7 Å². The van der Waals surface area contributed by atoms with Crippen LogP contribution in [-0.2, 0) is 6.54 Å². The fourth-order valence-electron chi connectivity index (χ4n) is 3.89. The highest BCUT2D eigenvalue weighted by molar-refractivity contribution is 5.14. The third kappa shape index (κ3) is 3.22. The molecule has 2 bridgehead atoms. The molecule has 1 aromatic rings. The molecule has 0 aliphatic carbocycles. The van der Waals surface area contributed by atoms with Gasteiger partial charge in [0.2, 0.25) is 0 Å². The van der Waals surface area contributed by atoms with E-state index in [9.17, 15) is 0 Å². The number of hydrogen-bond acceptors (Lipinski definition) is 3. The lowest BCUT2D eigenvalue weighted by Gasteiger charge is -2.39. The van der Waals surface area contributed by atoms with Crippen molar-refractivity contribution in [1.29, 1.82) is 0 Å². The number of hydrogen-bond donors (Lipinski definition) is 1. The molecule has 3 nitrogen and oxygen atoms in total. The summed E-state index contributed by atoms with van der Waals surface area (Å²) >= 11 is 0. The van der Waals surface area contributed by atoms with Gasteiger partial charge in [0, 0.05) is 19.1 Å². The van der Waals surface area contributed by atoms with E-state index in [2.05, 4.69) is 40.1 Å². The molecule has 3 rings (SSSR count). The molecule has 2 saturated heterocycles. The summed E-state index contributed by atoms with van der Waals surface area (Å²) in [4.78, 5) is 5.33. The molecule has 0 amide bonds. The molecule has 2 N–H and O–H groups in total. The van der Waals surface area contributed by atoms with Gasteiger partial charge in [-0.2, -0.15) is 0 Å². The molecule has 2 aliphatic rings. The van der Waals surface area contributed by atoms with Crippen molar-refractivity contribution < 1.29 is 0 Å². The maximum atomic E-state index is 5.74. The smallest absolute Gasteiger partial charge is 0.0236 e. The first-order valence-corrected chi connectivity index (χ1v) is 8.07. The Labute approximate surface area is 122 Å². The Bertz CT molecular complexity index is 406. The van der Waals surface area contributed by atoms with Crippen LogP contribution in [0.2, 0.25) is 0 Å². The maximum absolute atomic E-state index is 5.74. The van der Waals surface area contributed by atoms with E-state index in [4.69, 9.17) is 5.73 Å².